The molecule has 1 atom stereocenters. The van der Waals surface area contributed by atoms with Gasteiger partial charge in [0.15, 0.2) is 0 Å². The summed E-state index contributed by atoms with van der Waals surface area (Å²) in [6.45, 7) is 0. The van der Waals surface area contributed by atoms with Crippen LogP contribution in [0.4, 0.5) is 0 Å². The third kappa shape index (κ3) is 2.48. The van der Waals surface area contributed by atoms with Gasteiger partial charge in [0.1, 0.15) is 11.3 Å². The summed E-state index contributed by atoms with van der Waals surface area (Å²) in [6.07, 6.45) is 7.10. The summed E-state index contributed by atoms with van der Waals surface area (Å²) in [5.74, 6) is 0.323. The van der Waals surface area contributed by atoms with Gasteiger partial charge in [-0.25, -0.2) is 0 Å². The maximum absolute atomic E-state index is 12.6. The lowest BCUT2D eigenvalue weighted by Gasteiger charge is -2.14. The highest BCUT2D eigenvalue weighted by Gasteiger charge is 2.26. The highest BCUT2D eigenvalue weighted by molar-refractivity contribution is 5.89. The van der Waals surface area contributed by atoms with Crippen molar-refractivity contribution in [1.82, 2.24) is 5.32 Å². The zero-order chi connectivity index (χ0) is 17.7. The number of fused-ring (bicyclic) bond motifs is 3. The first-order valence-electron chi connectivity index (χ1n) is 9.31. The van der Waals surface area contributed by atoms with Gasteiger partial charge in [-0.3, -0.25) is 4.79 Å². The lowest BCUT2D eigenvalue weighted by Crippen LogP contribution is -2.28. The van der Waals surface area contributed by atoms with Crippen LogP contribution in [0.2, 0.25) is 0 Å². The van der Waals surface area contributed by atoms with E-state index in [-0.39, 0.29) is 11.9 Å². The summed E-state index contributed by atoms with van der Waals surface area (Å²) in [7, 11) is 0. The Hall–Kier alpha value is -2.75. The zero-order valence-electron chi connectivity index (χ0n) is 14.5. The monoisotopic (exact) mass is 347 g/mol. The molecule has 0 aliphatic heterocycles. The average molecular weight is 347 g/mol. The molecule has 0 saturated carbocycles. The Morgan fingerprint density at radius 1 is 1.19 bits per heavy atom. The summed E-state index contributed by atoms with van der Waals surface area (Å²) in [5, 5.41) is 14.1. The fourth-order valence-corrected chi connectivity index (χ4v) is 4.49. The predicted octanol–water partition coefficient (Wildman–Crippen LogP) is 3.97. The SMILES string of the molecule is O=C(Cc1coc2cc3c(cc12)CCC3)NC1CCc2c(O)cccc21. The Kier molecular flexibility index (Phi) is 3.52. The molecule has 2 N–H and O–H groups in total. The van der Waals surface area contributed by atoms with E-state index in [0.717, 1.165) is 53.3 Å². The van der Waals surface area contributed by atoms with E-state index in [9.17, 15) is 9.90 Å². The number of amides is 1. The van der Waals surface area contributed by atoms with E-state index in [0.29, 0.717) is 12.2 Å². The van der Waals surface area contributed by atoms with Crippen molar-refractivity contribution >= 4 is 16.9 Å². The third-order valence-corrected chi connectivity index (χ3v) is 5.80. The molecule has 0 radical (unpaired) electrons. The molecule has 0 spiro atoms. The minimum absolute atomic E-state index is 0.00519. The molecule has 4 heteroatoms. The molecule has 26 heavy (non-hydrogen) atoms. The molecular formula is C22H21NO3. The van der Waals surface area contributed by atoms with Crippen molar-refractivity contribution in [2.24, 2.45) is 0 Å². The van der Waals surface area contributed by atoms with Gasteiger partial charge in [0.25, 0.3) is 0 Å². The quantitative estimate of drug-likeness (QED) is 0.753. The first-order valence-corrected chi connectivity index (χ1v) is 9.31. The fourth-order valence-electron chi connectivity index (χ4n) is 4.49. The van der Waals surface area contributed by atoms with E-state index in [1.807, 2.05) is 12.1 Å². The van der Waals surface area contributed by atoms with E-state index in [1.165, 1.54) is 17.5 Å². The van der Waals surface area contributed by atoms with Crippen LogP contribution in [-0.2, 0) is 30.5 Å². The van der Waals surface area contributed by atoms with Crippen molar-refractivity contribution in [2.45, 2.75) is 44.6 Å². The molecule has 2 aliphatic carbocycles. The molecule has 2 aromatic carbocycles. The number of aryl methyl sites for hydroxylation is 2. The molecule has 1 aromatic heterocycles. The van der Waals surface area contributed by atoms with Crippen LogP contribution in [0.3, 0.4) is 0 Å². The molecule has 0 saturated heterocycles. The molecule has 3 aromatic rings. The third-order valence-electron chi connectivity index (χ3n) is 5.80. The Labute approximate surface area is 151 Å². The van der Waals surface area contributed by atoms with Crippen molar-refractivity contribution in [3.8, 4) is 5.75 Å². The van der Waals surface area contributed by atoms with E-state index in [1.54, 1.807) is 12.3 Å². The van der Waals surface area contributed by atoms with Crippen molar-refractivity contribution in [3.05, 3.63) is 64.4 Å². The number of aromatic hydroxyl groups is 1. The normalized spacial score (nSPS) is 18.1. The number of phenols is 1. The summed E-state index contributed by atoms with van der Waals surface area (Å²) >= 11 is 0. The number of hydrogen-bond acceptors (Lipinski definition) is 3. The van der Waals surface area contributed by atoms with E-state index >= 15 is 0 Å². The highest BCUT2D eigenvalue weighted by atomic mass is 16.3. The van der Waals surface area contributed by atoms with Crippen LogP contribution in [0.1, 0.15) is 46.7 Å². The molecule has 1 unspecified atom stereocenters. The van der Waals surface area contributed by atoms with Crippen LogP contribution in [0.25, 0.3) is 11.0 Å². The van der Waals surface area contributed by atoms with Gasteiger partial charge in [-0.2, -0.15) is 0 Å². The lowest BCUT2D eigenvalue weighted by atomic mass is 10.0. The first-order chi connectivity index (χ1) is 12.7. The van der Waals surface area contributed by atoms with Crippen LogP contribution in [0.15, 0.2) is 41.0 Å². The van der Waals surface area contributed by atoms with Crippen molar-refractivity contribution in [2.75, 3.05) is 0 Å². The van der Waals surface area contributed by atoms with Crippen LogP contribution in [0.5, 0.6) is 5.75 Å². The molecule has 0 bridgehead atoms. The second-order valence-corrected chi connectivity index (χ2v) is 7.41. The van der Waals surface area contributed by atoms with Gasteiger partial charge in [-0.1, -0.05) is 12.1 Å². The number of rotatable bonds is 3. The van der Waals surface area contributed by atoms with Crippen LogP contribution in [-0.4, -0.2) is 11.0 Å². The van der Waals surface area contributed by atoms with Gasteiger partial charge >= 0.3 is 0 Å². The van der Waals surface area contributed by atoms with Crippen LogP contribution in [0, 0.1) is 0 Å². The van der Waals surface area contributed by atoms with Gasteiger partial charge < -0.3 is 14.8 Å². The van der Waals surface area contributed by atoms with E-state index in [2.05, 4.69) is 17.4 Å². The Morgan fingerprint density at radius 2 is 2.04 bits per heavy atom. The average Bonchev–Trinajstić information content (AvgIpc) is 3.33. The van der Waals surface area contributed by atoms with Crippen molar-refractivity contribution < 1.29 is 14.3 Å². The molecule has 132 valence electrons. The largest absolute Gasteiger partial charge is 0.508 e. The standard InChI is InChI=1S/C22H21NO3/c24-20-6-2-5-16-17(20)7-8-19(16)23-22(25)11-15-12-26-21-10-14-4-1-3-13(14)9-18(15)21/h2,5-6,9-10,12,19,24H,1,3-4,7-8,11H2,(H,23,25). The van der Waals surface area contributed by atoms with Gasteiger partial charge in [0.2, 0.25) is 5.91 Å². The Bertz CT molecular complexity index is 1020. The number of hydrogen-bond donors (Lipinski definition) is 2. The molecular weight excluding hydrogens is 326 g/mol. The molecule has 1 heterocycles. The number of carbonyl (C=O) groups excluding carboxylic acids is 1. The van der Waals surface area contributed by atoms with Gasteiger partial charge in [-0.15, -0.1) is 0 Å². The topological polar surface area (TPSA) is 62.5 Å². The van der Waals surface area contributed by atoms with Gasteiger partial charge in [-0.05, 0) is 72.6 Å². The van der Waals surface area contributed by atoms with E-state index in [4.69, 9.17) is 4.42 Å². The first kappa shape index (κ1) is 15.5. The second-order valence-electron chi connectivity index (χ2n) is 7.41. The summed E-state index contributed by atoms with van der Waals surface area (Å²) in [5.41, 5.74) is 6.59. The maximum Gasteiger partial charge on any atom is 0.225 e. The minimum Gasteiger partial charge on any atom is -0.508 e. The molecule has 5 rings (SSSR count). The van der Waals surface area contributed by atoms with Gasteiger partial charge in [0, 0.05) is 10.9 Å². The maximum atomic E-state index is 12.6. The van der Waals surface area contributed by atoms with Gasteiger partial charge in [0.05, 0.1) is 18.7 Å². The van der Waals surface area contributed by atoms with Crippen molar-refractivity contribution in [3.63, 3.8) is 0 Å². The fraction of sp³-hybridized carbons (Fsp3) is 0.318. The second kappa shape index (κ2) is 5.90. The smallest absolute Gasteiger partial charge is 0.225 e. The van der Waals surface area contributed by atoms with E-state index < -0.39 is 0 Å². The summed E-state index contributed by atoms with van der Waals surface area (Å²) < 4.78 is 5.70. The highest BCUT2D eigenvalue weighted by Crippen LogP contribution is 2.36. The van der Waals surface area contributed by atoms with Crippen LogP contribution >= 0.6 is 0 Å². The number of furan rings is 1. The Balaban J connectivity index is 1.36. The number of nitrogens with one attached hydrogen (secondary N) is 1. The van der Waals surface area contributed by atoms with Crippen molar-refractivity contribution in [1.29, 1.82) is 0 Å². The number of benzene rings is 2. The summed E-state index contributed by atoms with van der Waals surface area (Å²) in [4.78, 5) is 12.6. The summed E-state index contributed by atoms with van der Waals surface area (Å²) in [6, 6.07) is 9.85. The predicted molar refractivity (Wildman–Crippen MR) is 99.3 cm³/mol. The zero-order valence-corrected chi connectivity index (χ0v) is 14.5. The molecule has 4 nitrogen and oxygen atoms in total. The molecule has 2 aliphatic rings. The van der Waals surface area contributed by atoms with Crippen LogP contribution < -0.4 is 5.32 Å². The number of carbonyl (C=O) groups is 1. The minimum atomic E-state index is -0.0213. The number of phenolic OH excluding ortho intramolecular Hbond substituents is 1. The lowest BCUT2D eigenvalue weighted by molar-refractivity contribution is -0.121. The Morgan fingerprint density at radius 3 is 2.92 bits per heavy atom. The molecule has 1 amide bonds. The molecule has 0 fully saturated rings.